The Kier molecular flexibility index (Phi) is 5.63. The highest BCUT2D eigenvalue weighted by Crippen LogP contribution is 2.22. The Labute approximate surface area is 151 Å². The number of aromatic carboxylic acids is 1. The van der Waals surface area contributed by atoms with Crippen molar-refractivity contribution >= 4 is 52.2 Å². The van der Waals surface area contributed by atoms with E-state index in [-0.39, 0.29) is 32.6 Å². The molecule has 0 unspecified atom stereocenters. The number of nitro groups is 1. The van der Waals surface area contributed by atoms with E-state index in [0.29, 0.717) is 0 Å². The van der Waals surface area contributed by atoms with Gasteiger partial charge in [0.05, 0.1) is 21.6 Å². The summed E-state index contributed by atoms with van der Waals surface area (Å²) in [4.78, 5) is 32.9. The van der Waals surface area contributed by atoms with Crippen molar-refractivity contribution in [1.29, 1.82) is 0 Å². The quantitative estimate of drug-likeness (QED) is 0.471. The predicted molar refractivity (Wildman–Crippen MR) is 92.6 cm³/mol. The Hall–Kier alpha value is -3.04. The van der Waals surface area contributed by atoms with Crippen molar-refractivity contribution in [3.63, 3.8) is 0 Å². The van der Waals surface area contributed by atoms with Crippen LogP contribution in [0, 0.1) is 10.1 Å². The van der Waals surface area contributed by atoms with Crippen molar-refractivity contribution in [2.45, 2.75) is 0 Å². The highest BCUT2D eigenvalue weighted by atomic mass is 35.5. The average Bonchev–Trinajstić information content (AvgIpc) is 2.56. The number of carbonyl (C=O) groups excluding carboxylic acids is 2. The van der Waals surface area contributed by atoms with E-state index in [1.807, 2.05) is 0 Å². The number of thiocarbonyl (C=S) groups is 1. The zero-order chi connectivity index (χ0) is 18.6. The molecular formula is C15H9ClN3O5S-. The van der Waals surface area contributed by atoms with Gasteiger partial charge in [-0.25, -0.2) is 0 Å². The van der Waals surface area contributed by atoms with Crippen LogP contribution in [0.25, 0.3) is 0 Å². The third-order valence-electron chi connectivity index (χ3n) is 3.02. The van der Waals surface area contributed by atoms with Crippen LogP contribution >= 0.6 is 23.8 Å². The summed E-state index contributed by atoms with van der Waals surface area (Å²) in [6.45, 7) is 0. The fraction of sp³-hybridized carbons (Fsp3) is 0. The summed E-state index contributed by atoms with van der Waals surface area (Å²) in [6.07, 6.45) is 0. The zero-order valence-electron chi connectivity index (χ0n) is 12.3. The van der Waals surface area contributed by atoms with Gasteiger partial charge in [0.1, 0.15) is 0 Å². The highest BCUT2D eigenvalue weighted by Gasteiger charge is 2.12. The van der Waals surface area contributed by atoms with Gasteiger partial charge in [-0.15, -0.1) is 0 Å². The lowest BCUT2D eigenvalue weighted by Crippen LogP contribution is -2.34. The minimum absolute atomic E-state index is 0.114. The Morgan fingerprint density at radius 1 is 1.08 bits per heavy atom. The third-order valence-corrected chi connectivity index (χ3v) is 3.55. The largest absolute Gasteiger partial charge is 0.545 e. The van der Waals surface area contributed by atoms with E-state index in [1.54, 1.807) is 0 Å². The van der Waals surface area contributed by atoms with Gasteiger partial charge >= 0.3 is 0 Å². The summed E-state index contributed by atoms with van der Waals surface area (Å²) in [6, 6.07) is 8.75. The maximum Gasteiger partial charge on any atom is 0.269 e. The molecule has 0 spiro atoms. The SMILES string of the molecule is O=C([O-])c1ccc(Cl)c(NC(=S)NC(=O)c2ccc([N+](=O)[O-])cc2)c1. The van der Waals surface area contributed by atoms with E-state index in [1.165, 1.54) is 42.5 Å². The fourth-order valence-electron chi connectivity index (χ4n) is 1.81. The minimum atomic E-state index is -1.39. The second-order valence-corrected chi connectivity index (χ2v) is 5.51. The molecule has 2 aromatic rings. The van der Waals surface area contributed by atoms with E-state index >= 15 is 0 Å². The Morgan fingerprint density at radius 3 is 2.24 bits per heavy atom. The molecule has 1 amide bonds. The van der Waals surface area contributed by atoms with Crippen LogP contribution in [0.5, 0.6) is 0 Å². The van der Waals surface area contributed by atoms with Gasteiger partial charge in [0.15, 0.2) is 5.11 Å². The first-order valence-electron chi connectivity index (χ1n) is 6.65. The topological polar surface area (TPSA) is 124 Å². The molecule has 128 valence electrons. The van der Waals surface area contributed by atoms with E-state index < -0.39 is 16.8 Å². The summed E-state index contributed by atoms with van der Waals surface area (Å²) in [5.74, 6) is -1.99. The molecule has 2 aromatic carbocycles. The Morgan fingerprint density at radius 2 is 1.68 bits per heavy atom. The molecule has 0 heterocycles. The average molecular weight is 379 g/mol. The predicted octanol–water partition coefficient (Wildman–Crippen LogP) is 1.74. The van der Waals surface area contributed by atoms with Crippen LogP contribution in [-0.4, -0.2) is 21.9 Å². The van der Waals surface area contributed by atoms with E-state index in [4.69, 9.17) is 23.8 Å². The smallest absolute Gasteiger partial charge is 0.269 e. The van der Waals surface area contributed by atoms with Gasteiger partial charge < -0.3 is 15.2 Å². The van der Waals surface area contributed by atoms with Crippen molar-refractivity contribution in [2.75, 3.05) is 5.32 Å². The van der Waals surface area contributed by atoms with Crippen molar-refractivity contribution in [2.24, 2.45) is 0 Å². The molecule has 0 saturated heterocycles. The minimum Gasteiger partial charge on any atom is -0.545 e. The van der Waals surface area contributed by atoms with Crippen LogP contribution in [0.2, 0.25) is 5.02 Å². The maximum atomic E-state index is 12.0. The number of carbonyl (C=O) groups is 2. The number of carboxylic acids is 1. The Bertz CT molecular complexity index is 870. The van der Waals surface area contributed by atoms with Crippen LogP contribution in [0.3, 0.4) is 0 Å². The second-order valence-electron chi connectivity index (χ2n) is 4.69. The molecule has 0 bridgehead atoms. The number of nitro benzene ring substituents is 1. The standard InChI is InChI=1S/C15H10ClN3O5S/c16-11-6-3-9(14(21)22)7-12(11)17-15(25)18-13(20)8-1-4-10(5-2-8)19(23)24/h1-7H,(H,21,22)(H2,17,18,20,25)/p-1. The van der Waals surface area contributed by atoms with Gasteiger partial charge in [-0.3, -0.25) is 20.2 Å². The molecule has 2 rings (SSSR count). The van der Waals surface area contributed by atoms with Gasteiger partial charge in [-0.1, -0.05) is 17.7 Å². The number of anilines is 1. The second kappa shape index (κ2) is 7.69. The molecule has 0 aromatic heterocycles. The molecule has 0 aliphatic rings. The van der Waals surface area contributed by atoms with E-state index in [2.05, 4.69) is 10.6 Å². The summed E-state index contributed by atoms with van der Waals surface area (Å²) >= 11 is 10.9. The van der Waals surface area contributed by atoms with Gasteiger partial charge in [-0.05, 0) is 42.0 Å². The summed E-state index contributed by atoms with van der Waals surface area (Å²) in [5.41, 5.74) is 0.0706. The molecule has 2 N–H and O–H groups in total. The molecule has 0 saturated carbocycles. The fourth-order valence-corrected chi connectivity index (χ4v) is 2.18. The third kappa shape index (κ3) is 4.72. The Balaban J connectivity index is 2.07. The van der Waals surface area contributed by atoms with Crippen molar-refractivity contribution < 1.29 is 19.6 Å². The molecule has 0 aliphatic carbocycles. The zero-order valence-corrected chi connectivity index (χ0v) is 13.9. The van der Waals surface area contributed by atoms with Crippen LogP contribution in [0.1, 0.15) is 20.7 Å². The summed E-state index contributed by atoms with van der Waals surface area (Å²) < 4.78 is 0. The number of rotatable bonds is 4. The molecule has 0 atom stereocenters. The number of benzene rings is 2. The van der Waals surface area contributed by atoms with Gasteiger partial charge in [0.2, 0.25) is 0 Å². The van der Waals surface area contributed by atoms with Gasteiger partial charge in [0, 0.05) is 17.7 Å². The summed E-state index contributed by atoms with van der Waals surface area (Å²) in [5, 5.41) is 26.5. The first-order chi connectivity index (χ1) is 11.8. The number of nitrogens with one attached hydrogen (secondary N) is 2. The van der Waals surface area contributed by atoms with Crippen LogP contribution < -0.4 is 15.7 Å². The van der Waals surface area contributed by atoms with E-state index in [9.17, 15) is 24.8 Å². The van der Waals surface area contributed by atoms with Crippen LogP contribution in [-0.2, 0) is 0 Å². The number of halogens is 1. The van der Waals surface area contributed by atoms with Crippen LogP contribution in [0.15, 0.2) is 42.5 Å². The molecule has 0 radical (unpaired) electrons. The van der Waals surface area contributed by atoms with Crippen molar-refractivity contribution in [3.8, 4) is 0 Å². The first-order valence-corrected chi connectivity index (χ1v) is 7.44. The van der Waals surface area contributed by atoms with Crippen molar-refractivity contribution in [3.05, 3.63) is 68.7 Å². The number of hydrogen-bond donors (Lipinski definition) is 2. The molecule has 0 fully saturated rings. The normalized spacial score (nSPS) is 9.96. The van der Waals surface area contributed by atoms with Crippen molar-refractivity contribution in [1.82, 2.24) is 5.32 Å². The first kappa shape index (κ1) is 18.3. The number of nitrogens with zero attached hydrogens (tertiary/aromatic N) is 1. The molecule has 10 heteroatoms. The lowest BCUT2D eigenvalue weighted by atomic mass is 10.2. The number of amides is 1. The molecular weight excluding hydrogens is 370 g/mol. The van der Waals surface area contributed by atoms with E-state index in [0.717, 1.165) is 0 Å². The van der Waals surface area contributed by atoms with Crippen LogP contribution in [0.4, 0.5) is 11.4 Å². The summed E-state index contributed by atoms with van der Waals surface area (Å²) in [7, 11) is 0. The molecule has 0 aliphatic heterocycles. The lowest BCUT2D eigenvalue weighted by molar-refractivity contribution is -0.384. The maximum absolute atomic E-state index is 12.0. The lowest BCUT2D eigenvalue weighted by Gasteiger charge is -2.12. The number of carboxylic acid groups (broad SMARTS) is 1. The highest BCUT2D eigenvalue weighted by molar-refractivity contribution is 7.80. The number of non-ortho nitro benzene ring substituents is 1. The molecule has 25 heavy (non-hydrogen) atoms. The monoisotopic (exact) mass is 378 g/mol. The molecule has 8 nitrogen and oxygen atoms in total. The van der Waals surface area contributed by atoms with Gasteiger partial charge in [0.25, 0.3) is 11.6 Å². The van der Waals surface area contributed by atoms with Gasteiger partial charge in [-0.2, -0.15) is 0 Å². The number of hydrogen-bond acceptors (Lipinski definition) is 6.